The number of hydrogen-bond donors (Lipinski definition) is 3. The molecular weight excluding hydrogens is 284 g/mol. The first-order valence-electron chi connectivity index (χ1n) is 6.85. The number of imide groups is 1. The van der Waals surface area contributed by atoms with E-state index in [4.69, 9.17) is 5.21 Å². The summed E-state index contributed by atoms with van der Waals surface area (Å²) in [6.07, 6.45) is 4.48. The van der Waals surface area contributed by atoms with E-state index in [1.54, 1.807) is 24.3 Å². The minimum Gasteiger partial charge on any atom is -0.507 e. The van der Waals surface area contributed by atoms with Crippen molar-refractivity contribution >= 4 is 24.1 Å². The topological polar surface area (TPSA) is 99.0 Å². The number of carbonyl (C=O) groups is 2. The molecule has 1 atom stereocenters. The average molecular weight is 304 g/mol. The van der Waals surface area contributed by atoms with E-state index in [1.165, 1.54) is 19.2 Å². The van der Waals surface area contributed by atoms with Gasteiger partial charge in [0.15, 0.2) is 0 Å². The number of nitrogens with one attached hydrogen (secondary N) is 1. The molecule has 0 heterocycles. The van der Waals surface area contributed by atoms with Crippen molar-refractivity contribution in [1.82, 2.24) is 5.32 Å². The second-order valence-corrected chi connectivity index (χ2v) is 5.24. The van der Waals surface area contributed by atoms with Gasteiger partial charge in [0.25, 0.3) is 0 Å². The van der Waals surface area contributed by atoms with Gasteiger partial charge >= 0.3 is 0 Å². The van der Waals surface area contributed by atoms with Gasteiger partial charge in [-0.3, -0.25) is 14.9 Å². The molecule has 6 heteroatoms. The molecule has 1 aromatic rings. The average Bonchev–Trinajstić information content (AvgIpc) is 2.41. The fourth-order valence-electron chi connectivity index (χ4n) is 1.93. The van der Waals surface area contributed by atoms with E-state index in [-0.39, 0.29) is 17.6 Å². The largest absolute Gasteiger partial charge is 0.507 e. The summed E-state index contributed by atoms with van der Waals surface area (Å²) in [5.74, 6) is -1.27. The first kappa shape index (κ1) is 17.4. The molecule has 0 saturated heterocycles. The summed E-state index contributed by atoms with van der Waals surface area (Å²) in [5.41, 5.74) is 1.09. The summed E-state index contributed by atoms with van der Waals surface area (Å²) in [5, 5.41) is 23.5. The zero-order valence-corrected chi connectivity index (χ0v) is 12.8. The van der Waals surface area contributed by atoms with Crippen molar-refractivity contribution in [2.75, 3.05) is 0 Å². The fourth-order valence-corrected chi connectivity index (χ4v) is 1.93. The Labute approximate surface area is 129 Å². The van der Waals surface area contributed by atoms with Gasteiger partial charge in [-0.05, 0) is 29.7 Å². The van der Waals surface area contributed by atoms with E-state index < -0.39 is 11.8 Å². The molecule has 0 fully saturated rings. The zero-order valence-electron chi connectivity index (χ0n) is 12.8. The Morgan fingerprint density at radius 3 is 2.55 bits per heavy atom. The molecule has 0 radical (unpaired) electrons. The van der Waals surface area contributed by atoms with Crippen LogP contribution < -0.4 is 5.32 Å². The van der Waals surface area contributed by atoms with Crippen molar-refractivity contribution < 1.29 is 19.9 Å². The van der Waals surface area contributed by atoms with Crippen LogP contribution in [0.15, 0.2) is 29.4 Å². The molecule has 0 spiro atoms. The van der Waals surface area contributed by atoms with Gasteiger partial charge < -0.3 is 10.3 Å². The SMILES string of the molecule is CC(=O)NC(=O)C(/C=C/c1cc(/C=N/O)ccc1O)C(C)C. The monoisotopic (exact) mass is 304 g/mol. The highest BCUT2D eigenvalue weighted by atomic mass is 16.4. The molecule has 22 heavy (non-hydrogen) atoms. The molecule has 0 aliphatic rings. The Hall–Kier alpha value is -2.63. The highest BCUT2D eigenvalue weighted by Crippen LogP contribution is 2.22. The number of phenolic OH excluding ortho intramolecular Hbond substituents is 1. The molecule has 0 aromatic heterocycles. The quantitative estimate of drug-likeness (QED) is 0.441. The number of rotatable bonds is 5. The molecule has 1 aromatic carbocycles. The van der Waals surface area contributed by atoms with Gasteiger partial charge in [0, 0.05) is 12.5 Å². The fraction of sp³-hybridized carbons (Fsp3) is 0.312. The summed E-state index contributed by atoms with van der Waals surface area (Å²) >= 11 is 0. The van der Waals surface area contributed by atoms with E-state index >= 15 is 0 Å². The van der Waals surface area contributed by atoms with Crippen LogP contribution in [0.25, 0.3) is 6.08 Å². The number of amides is 2. The van der Waals surface area contributed by atoms with Crippen molar-refractivity contribution in [3.8, 4) is 5.75 Å². The maximum atomic E-state index is 12.0. The number of aromatic hydroxyl groups is 1. The Morgan fingerprint density at radius 1 is 1.32 bits per heavy atom. The first-order chi connectivity index (χ1) is 10.3. The van der Waals surface area contributed by atoms with Gasteiger partial charge in [-0.1, -0.05) is 31.2 Å². The lowest BCUT2D eigenvalue weighted by molar-refractivity contribution is -0.131. The molecule has 1 unspecified atom stereocenters. The molecule has 0 aliphatic heterocycles. The zero-order chi connectivity index (χ0) is 16.7. The van der Waals surface area contributed by atoms with Crippen molar-refractivity contribution in [3.05, 3.63) is 35.4 Å². The van der Waals surface area contributed by atoms with Crippen LogP contribution in [0.5, 0.6) is 5.75 Å². The maximum Gasteiger partial charge on any atom is 0.233 e. The summed E-state index contributed by atoms with van der Waals surface area (Å²) in [7, 11) is 0. The van der Waals surface area contributed by atoms with Crippen LogP contribution >= 0.6 is 0 Å². The molecule has 0 bridgehead atoms. The number of nitrogens with zero attached hydrogens (tertiary/aromatic N) is 1. The molecule has 118 valence electrons. The molecular formula is C16H20N2O4. The minimum atomic E-state index is -0.501. The van der Waals surface area contributed by atoms with Crippen LogP contribution in [0.2, 0.25) is 0 Å². The highest BCUT2D eigenvalue weighted by Gasteiger charge is 2.20. The number of phenols is 1. The normalized spacial score (nSPS) is 12.9. The summed E-state index contributed by atoms with van der Waals surface area (Å²) < 4.78 is 0. The molecule has 6 nitrogen and oxygen atoms in total. The Morgan fingerprint density at radius 2 is 2.00 bits per heavy atom. The lowest BCUT2D eigenvalue weighted by atomic mass is 9.93. The van der Waals surface area contributed by atoms with Crippen LogP contribution in [0.1, 0.15) is 31.9 Å². The molecule has 0 aliphatic carbocycles. The highest BCUT2D eigenvalue weighted by molar-refractivity contribution is 5.96. The first-order valence-corrected chi connectivity index (χ1v) is 6.85. The smallest absolute Gasteiger partial charge is 0.233 e. The summed E-state index contributed by atoms with van der Waals surface area (Å²) in [6, 6.07) is 4.68. The van der Waals surface area contributed by atoms with E-state index in [9.17, 15) is 14.7 Å². The third-order valence-corrected chi connectivity index (χ3v) is 3.06. The van der Waals surface area contributed by atoms with E-state index in [0.717, 1.165) is 0 Å². The van der Waals surface area contributed by atoms with E-state index in [2.05, 4.69) is 10.5 Å². The Bertz CT molecular complexity index is 606. The predicted molar refractivity (Wildman–Crippen MR) is 83.7 cm³/mol. The maximum absolute atomic E-state index is 12.0. The number of benzene rings is 1. The third-order valence-electron chi connectivity index (χ3n) is 3.06. The number of carbonyl (C=O) groups excluding carboxylic acids is 2. The van der Waals surface area contributed by atoms with Crippen molar-refractivity contribution in [2.24, 2.45) is 17.0 Å². The lowest BCUT2D eigenvalue weighted by Gasteiger charge is -2.15. The van der Waals surface area contributed by atoms with Gasteiger partial charge in [-0.15, -0.1) is 0 Å². The Balaban J connectivity index is 3.02. The van der Waals surface area contributed by atoms with Crippen molar-refractivity contribution in [3.63, 3.8) is 0 Å². The minimum absolute atomic E-state index is 0.0140. The van der Waals surface area contributed by atoms with Gasteiger partial charge in [0.2, 0.25) is 11.8 Å². The molecule has 3 N–H and O–H groups in total. The lowest BCUT2D eigenvalue weighted by Crippen LogP contribution is -2.35. The summed E-state index contributed by atoms with van der Waals surface area (Å²) in [6.45, 7) is 5.01. The van der Waals surface area contributed by atoms with Gasteiger partial charge in [-0.2, -0.15) is 0 Å². The van der Waals surface area contributed by atoms with Gasteiger partial charge in [-0.25, -0.2) is 0 Å². The van der Waals surface area contributed by atoms with Gasteiger partial charge in [0.1, 0.15) is 5.75 Å². The van der Waals surface area contributed by atoms with Crippen LogP contribution in [0.3, 0.4) is 0 Å². The predicted octanol–water partition coefficient (Wildman–Crippen LogP) is 2.15. The third kappa shape index (κ3) is 5.05. The van der Waals surface area contributed by atoms with Gasteiger partial charge in [0.05, 0.1) is 12.1 Å². The molecule has 0 saturated carbocycles. The van der Waals surface area contributed by atoms with Crippen LogP contribution in [-0.2, 0) is 9.59 Å². The molecule has 1 rings (SSSR count). The van der Waals surface area contributed by atoms with Crippen LogP contribution in [-0.4, -0.2) is 28.3 Å². The van der Waals surface area contributed by atoms with E-state index in [0.29, 0.717) is 11.1 Å². The second kappa shape index (κ2) is 7.97. The number of hydrogen-bond acceptors (Lipinski definition) is 5. The van der Waals surface area contributed by atoms with Crippen molar-refractivity contribution in [2.45, 2.75) is 20.8 Å². The van der Waals surface area contributed by atoms with Crippen molar-refractivity contribution in [1.29, 1.82) is 0 Å². The standard InChI is InChI=1S/C16H20N2O4/c1-10(2)14(16(21)18-11(3)19)6-5-13-8-12(9-17-22)4-7-15(13)20/h4-10,14,20,22H,1-3H3,(H,18,19,21)/b6-5+,17-9+. The van der Waals surface area contributed by atoms with Crippen LogP contribution in [0, 0.1) is 11.8 Å². The number of oxime groups is 1. The summed E-state index contributed by atoms with van der Waals surface area (Å²) in [4.78, 5) is 23.0. The van der Waals surface area contributed by atoms with Crippen LogP contribution in [0.4, 0.5) is 0 Å². The molecule has 2 amide bonds. The van der Waals surface area contributed by atoms with E-state index in [1.807, 2.05) is 13.8 Å². The second-order valence-electron chi connectivity index (χ2n) is 5.24. The Kier molecular flexibility index (Phi) is 6.31.